The average Bonchev–Trinajstić information content (AvgIpc) is 2.78. The predicted molar refractivity (Wildman–Crippen MR) is 122 cm³/mol. The number of amides is 2. The molecule has 1 heterocycles. The van der Waals surface area contributed by atoms with Crippen LogP contribution < -0.4 is 16.0 Å². The van der Waals surface area contributed by atoms with Crippen LogP contribution in [0.1, 0.15) is 47.6 Å². The Morgan fingerprint density at radius 3 is 2.33 bits per heavy atom. The van der Waals surface area contributed by atoms with Crippen LogP contribution in [0.3, 0.4) is 0 Å². The van der Waals surface area contributed by atoms with E-state index >= 15 is 0 Å². The molecule has 0 aliphatic heterocycles. The zero-order valence-electron chi connectivity index (χ0n) is 17.9. The molecule has 170 valence electrons. The first-order valence-corrected chi connectivity index (χ1v) is 10.8. The minimum absolute atomic E-state index is 0.00193. The van der Waals surface area contributed by atoms with E-state index in [-0.39, 0.29) is 24.3 Å². The van der Waals surface area contributed by atoms with E-state index in [4.69, 9.17) is 5.73 Å². The van der Waals surface area contributed by atoms with Crippen molar-refractivity contribution < 1.29 is 18.4 Å². The van der Waals surface area contributed by atoms with Crippen molar-refractivity contribution >= 4 is 23.2 Å². The number of anilines is 2. The number of halogens is 2. The fourth-order valence-electron chi connectivity index (χ4n) is 3.76. The Balaban J connectivity index is 1.43. The van der Waals surface area contributed by atoms with Crippen molar-refractivity contribution in [2.75, 3.05) is 10.2 Å². The summed E-state index contributed by atoms with van der Waals surface area (Å²) in [5, 5.41) is 2.78. The van der Waals surface area contributed by atoms with Crippen LogP contribution in [0.15, 0.2) is 67.0 Å². The number of nitrogens with two attached hydrogens (primary N) is 1. The summed E-state index contributed by atoms with van der Waals surface area (Å²) in [7, 11) is 0. The van der Waals surface area contributed by atoms with Gasteiger partial charge in [-0.1, -0.05) is 12.1 Å². The second-order valence-electron chi connectivity index (χ2n) is 8.07. The summed E-state index contributed by atoms with van der Waals surface area (Å²) in [4.78, 5) is 30.9. The van der Waals surface area contributed by atoms with E-state index in [1.165, 1.54) is 11.0 Å². The number of carbonyl (C=O) groups excluding carboxylic acids is 2. The molecule has 6 nitrogen and oxygen atoms in total. The highest BCUT2D eigenvalue weighted by molar-refractivity contribution is 6.04. The van der Waals surface area contributed by atoms with Gasteiger partial charge in [-0.05, 0) is 61.2 Å². The van der Waals surface area contributed by atoms with E-state index in [1.807, 2.05) is 0 Å². The zero-order valence-corrected chi connectivity index (χ0v) is 17.9. The molecule has 1 aromatic heterocycles. The molecule has 2 aromatic carbocycles. The summed E-state index contributed by atoms with van der Waals surface area (Å²) >= 11 is 0. The Kier molecular flexibility index (Phi) is 6.74. The SMILES string of the molecule is NC(CC(=O)N(c1ccc(F)c(F)c1)C1CCC1)c1ccc(C(=O)Nc2ccncc2)cc1. The molecular formula is C25H24F2N4O2. The van der Waals surface area contributed by atoms with Crippen molar-refractivity contribution in [3.63, 3.8) is 0 Å². The lowest BCUT2D eigenvalue weighted by molar-refractivity contribution is -0.119. The second kappa shape index (κ2) is 9.87. The summed E-state index contributed by atoms with van der Waals surface area (Å²) in [5.74, 6) is -2.47. The Labute approximate surface area is 190 Å². The minimum atomic E-state index is -0.991. The van der Waals surface area contributed by atoms with Crippen LogP contribution in [0, 0.1) is 11.6 Å². The van der Waals surface area contributed by atoms with Crippen molar-refractivity contribution in [2.24, 2.45) is 5.73 Å². The number of hydrogen-bond acceptors (Lipinski definition) is 4. The van der Waals surface area contributed by atoms with Crippen molar-refractivity contribution in [1.29, 1.82) is 0 Å². The van der Waals surface area contributed by atoms with Crippen molar-refractivity contribution in [2.45, 2.75) is 37.8 Å². The number of hydrogen-bond donors (Lipinski definition) is 2. The van der Waals surface area contributed by atoms with E-state index in [2.05, 4.69) is 10.3 Å². The monoisotopic (exact) mass is 450 g/mol. The van der Waals surface area contributed by atoms with Crippen LogP contribution in [0.5, 0.6) is 0 Å². The molecule has 2 amide bonds. The van der Waals surface area contributed by atoms with E-state index in [0.717, 1.165) is 31.4 Å². The van der Waals surface area contributed by atoms with Crippen molar-refractivity contribution in [3.05, 3.63) is 89.8 Å². The molecule has 0 spiro atoms. The van der Waals surface area contributed by atoms with Gasteiger partial charge in [-0.3, -0.25) is 14.6 Å². The molecule has 0 saturated heterocycles. The van der Waals surface area contributed by atoms with E-state index in [0.29, 0.717) is 22.5 Å². The Morgan fingerprint density at radius 2 is 1.73 bits per heavy atom. The summed E-state index contributed by atoms with van der Waals surface area (Å²) in [6, 6.07) is 12.9. The van der Waals surface area contributed by atoms with Crippen molar-refractivity contribution in [1.82, 2.24) is 4.98 Å². The van der Waals surface area contributed by atoms with Gasteiger partial charge in [0.05, 0.1) is 0 Å². The first-order valence-electron chi connectivity index (χ1n) is 10.8. The Bertz CT molecular complexity index is 1130. The number of aromatic nitrogens is 1. The molecule has 1 atom stereocenters. The number of benzene rings is 2. The fourth-order valence-corrected chi connectivity index (χ4v) is 3.76. The van der Waals surface area contributed by atoms with Gasteiger partial charge in [-0.25, -0.2) is 8.78 Å². The zero-order chi connectivity index (χ0) is 23.4. The van der Waals surface area contributed by atoms with Gasteiger partial charge in [-0.2, -0.15) is 0 Å². The largest absolute Gasteiger partial charge is 0.324 e. The molecule has 8 heteroatoms. The molecule has 1 fully saturated rings. The highest BCUT2D eigenvalue weighted by Gasteiger charge is 2.31. The van der Waals surface area contributed by atoms with Gasteiger partial charge in [0, 0.05) is 53.9 Å². The second-order valence-corrected chi connectivity index (χ2v) is 8.07. The van der Waals surface area contributed by atoms with Crippen LogP contribution in [-0.2, 0) is 4.79 Å². The molecular weight excluding hydrogens is 426 g/mol. The number of nitrogens with zero attached hydrogens (tertiary/aromatic N) is 2. The normalized spacial score (nSPS) is 14.3. The quantitative estimate of drug-likeness (QED) is 0.551. The Hall–Kier alpha value is -3.65. The highest BCUT2D eigenvalue weighted by atomic mass is 19.2. The van der Waals surface area contributed by atoms with Crippen LogP contribution in [0.4, 0.5) is 20.2 Å². The molecule has 1 saturated carbocycles. The third-order valence-corrected chi connectivity index (χ3v) is 5.82. The van der Waals surface area contributed by atoms with Gasteiger partial charge in [0.25, 0.3) is 5.91 Å². The fraction of sp³-hybridized carbons (Fsp3) is 0.240. The third kappa shape index (κ3) is 5.23. The van der Waals surface area contributed by atoms with E-state index < -0.39 is 17.7 Å². The molecule has 0 bridgehead atoms. The van der Waals surface area contributed by atoms with Crippen molar-refractivity contribution in [3.8, 4) is 0 Å². The highest BCUT2D eigenvalue weighted by Crippen LogP contribution is 2.32. The first-order chi connectivity index (χ1) is 15.9. The molecule has 1 aliphatic rings. The summed E-state index contributed by atoms with van der Waals surface area (Å²) in [6.07, 6.45) is 5.76. The maximum Gasteiger partial charge on any atom is 0.255 e. The molecule has 1 aliphatic carbocycles. The number of pyridine rings is 1. The molecule has 4 rings (SSSR count). The van der Waals surface area contributed by atoms with Crippen LogP contribution in [-0.4, -0.2) is 22.8 Å². The lowest BCUT2D eigenvalue weighted by Gasteiger charge is -2.38. The molecule has 33 heavy (non-hydrogen) atoms. The summed E-state index contributed by atoms with van der Waals surface area (Å²) in [5.41, 5.74) is 8.40. The topological polar surface area (TPSA) is 88.3 Å². The minimum Gasteiger partial charge on any atom is -0.324 e. The average molecular weight is 450 g/mol. The Morgan fingerprint density at radius 1 is 1.03 bits per heavy atom. The third-order valence-electron chi connectivity index (χ3n) is 5.82. The summed E-state index contributed by atoms with van der Waals surface area (Å²) < 4.78 is 27.2. The standard InChI is InChI=1S/C25H24F2N4O2/c26-21-9-8-20(14-22(21)27)31(19-2-1-3-19)24(32)15-23(28)16-4-6-17(7-5-16)25(33)30-18-10-12-29-13-11-18/h4-14,19,23H,1-3,15,28H2,(H,29,30,33). The van der Waals surface area contributed by atoms with Crippen LogP contribution in [0.25, 0.3) is 0 Å². The van der Waals surface area contributed by atoms with E-state index in [1.54, 1.807) is 48.8 Å². The lowest BCUT2D eigenvalue weighted by Crippen LogP contribution is -2.45. The number of rotatable bonds is 7. The molecule has 0 radical (unpaired) electrons. The van der Waals surface area contributed by atoms with Gasteiger partial charge in [0.1, 0.15) is 0 Å². The van der Waals surface area contributed by atoms with E-state index in [9.17, 15) is 18.4 Å². The van der Waals surface area contributed by atoms with Gasteiger partial charge in [-0.15, -0.1) is 0 Å². The van der Waals surface area contributed by atoms with Crippen LogP contribution >= 0.6 is 0 Å². The van der Waals surface area contributed by atoms with Gasteiger partial charge >= 0.3 is 0 Å². The lowest BCUT2D eigenvalue weighted by atomic mass is 9.90. The molecule has 1 unspecified atom stereocenters. The number of nitrogens with one attached hydrogen (secondary N) is 1. The first kappa shape index (κ1) is 22.5. The smallest absolute Gasteiger partial charge is 0.255 e. The predicted octanol–water partition coefficient (Wildman–Crippen LogP) is 4.59. The summed E-state index contributed by atoms with van der Waals surface area (Å²) in [6.45, 7) is 0. The van der Waals surface area contributed by atoms with Gasteiger partial charge < -0.3 is 16.0 Å². The molecule has 3 aromatic rings. The van der Waals surface area contributed by atoms with Crippen LogP contribution in [0.2, 0.25) is 0 Å². The van der Waals surface area contributed by atoms with Gasteiger partial charge in [0.2, 0.25) is 5.91 Å². The maximum atomic E-state index is 13.8. The number of carbonyl (C=O) groups is 2. The van der Waals surface area contributed by atoms with Gasteiger partial charge in [0.15, 0.2) is 11.6 Å². The maximum absolute atomic E-state index is 13.8. The molecule has 3 N–H and O–H groups in total.